The number of hydrogen-bond acceptors (Lipinski definition) is 7. The molecule has 0 saturated heterocycles. The molecule has 0 fully saturated rings. The Kier molecular flexibility index (Phi) is 4.41. The van der Waals surface area contributed by atoms with Gasteiger partial charge >= 0.3 is 11.9 Å². The second-order valence-corrected chi connectivity index (χ2v) is 5.39. The number of H-pyrrole nitrogens is 1. The Morgan fingerprint density at radius 1 is 1.28 bits per heavy atom. The van der Waals surface area contributed by atoms with Crippen molar-refractivity contribution in [3.8, 4) is 0 Å². The van der Waals surface area contributed by atoms with Gasteiger partial charge in [-0.1, -0.05) is 0 Å². The Morgan fingerprint density at radius 3 is 2.68 bits per heavy atom. The molecule has 1 N–H and O–H groups in total. The van der Waals surface area contributed by atoms with Crippen LogP contribution >= 0.6 is 0 Å². The summed E-state index contributed by atoms with van der Waals surface area (Å²) >= 11 is 0. The number of anilines is 1. The summed E-state index contributed by atoms with van der Waals surface area (Å²) in [6, 6.07) is 2.84. The molecule has 0 spiro atoms. The molecular weight excluding hydrogens is 333 g/mol. The summed E-state index contributed by atoms with van der Waals surface area (Å²) in [6.07, 6.45) is 0. The summed E-state index contributed by atoms with van der Waals surface area (Å²) < 4.78 is 29.3. The number of nitrogens with zero attached hydrogens (tertiary/aromatic N) is 2. The smallest absolute Gasteiger partial charge is 0.355 e. The predicted molar refractivity (Wildman–Crippen MR) is 85.1 cm³/mol. The number of benzene rings is 1. The zero-order chi connectivity index (χ0) is 18.1. The summed E-state index contributed by atoms with van der Waals surface area (Å²) in [5, 5.41) is 7.11. The van der Waals surface area contributed by atoms with Gasteiger partial charge in [0.05, 0.1) is 37.3 Å². The zero-order valence-electron chi connectivity index (χ0n) is 13.9. The van der Waals surface area contributed by atoms with Crippen LogP contribution in [0.1, 0.15) is 5.69 Å². The van der Waals surface area contributed by atoms with Crippen LogP contribution in [-0.2, 0) is 23.8 Å². The number of esters is 2. The second-order valence-electron chi connectivity index (χ2n) is 5.39. The van der Waals surface area contributed by atoms with Crippen molar-refractivity contribution in [1.82, 2.24) is 10.2 Å². The van der Waals surface area contributed by atoms with Gasteiger partial charge in [-0.3, -0.25) is 5.10 Å². The maximum atomic E-state index is 14.5. The third kappa shape index (κ3) is 2.82. The van der Waals surface area contributed by atoms with Crippen LogP contribution in [0.5, 0.6) is 0 Å². The third-order valence-electron chi connectivity index (χ3n) is 3.92. The molecule has 1 aliphatic rings. The Bertz CT molecular complexity index is 889. The van der Waals surface area contributed by atoms with E-state index in [-0.39, 0.29) is 24.6 Å². The van der Waals surface area contributed by atoms with E-state index in [0.717, 1.165) is 0 Å². The Balaban J connectivity index is 2.17. The number of ether oxygens (including phenoxy) is 3. The van der Waals surface area contributed by atoms with Gasteiger partial charge < -0.3 is 19.1 Å². The Hall–Kier alpha value is -2.94. The minimum atomic E-state index is -0.748. The molecule has 1 aromatic heterocycles. The first-order valence-corrected chi connectivity index (χ1v) is 7.37. The predicted octanol–water partition coefficient (Wildman–Crippen LogP) is 1.40. The van der Waals surface area contributed by atoms with Crippen molar-refractivity contribution in [3.63, 3.8) is 0 Å². The van der Waals surface area contributed by atoms with Crippen LogP contribution in [0.3, 0.4) is 0 Å². The summed E-state index contributed by atoms with van der Waals surface area (Å²) in [5.74, 6) is -1.97. The molecule has 132 valence electrons. The van der Waals surface area contributed by atoms with Crippen molar-refractivity contribution < 1.29 is 28.2 Å². The molecular formula is C16H16FN3O5. The van der Waals surface area contributed by atoms with E-state index in [1.807, 2.05) is 0 Å². The van der Waals surface area contributed by atoms with Crippen molar-refractivity contribution in [2.45, 2.75) is 6.92 Å². The SMILES string of the molecule is COC(=O)C1=C(C(=O)OC)N(c2cc(F)c3c(C)[nH]nc3c2)COC1. The number of aromatic amines is 1. The minimum absolute atomic E-state index is 0.000636. The molecule has 2 heterocycles. The fourth-order valence-corrected chi connectivity index (χ4v) is 2.74. The average molecular weight is 349 g/mol. The molecule has 1 aromatic carbocycles. The maximum absolute atomic E-state index is 14.5. The number of carbonyl (C=O) groups excluding carboxylic acids is 2. The van der Waals surface area contributed by atoms with Crippen molar-refractivity contribution in [2.75, 3.05) is 32.5 Å². The van der Waals surface area contributed by atoms with E-state index in [1.54, 1.807) is 13.0 Å². The number of fused-ring (bicyclic) bond motifs is 1. The lowest BCUT2D eigenvalue weighted by Gasteiger charge is -2.31. The van der Waals surface area contributed by atoms with Gasteiger partial charge in [-0.05, 0) is 19.1 Å². The first-order chi connectivity index (χ1) is 12.0. The highest BCUT2D eigenvalue weighted by Gasteiger charge is 2.33. The number of methoxy groups -OCH3 is 2. The number of carbonyl (C=O) groups is 2. The van der Waals surface area contributed by atoms with E-state index in [1.165, 1.54) is 25.2 Å². The lowest BCUT2D eigenvalue weighted by atomic mass is 10.1. The highest BCUT2D eigenvalue weighted by atomic mass is 19.1. The quantitative estimate of drug-likeness (QED) is 0.837. The first kappa shape index (κ1) is 16.9. The van der Waals surface area contributed by atoms with E-state index in [9.17, 15) is 14.0 Å². The minimum Gasteiger partial charge on any atom is -0.466 e. The molecule has 0 unspecified atom stereocenters. The molecule has 0 atom stereocenters. The first-order valence-electron chi connectivity index (χ1n) is 7.37. The summed E-state index contributed by atoms with van der Waals surface area (Å²) in [4.78, 5) is 25.6. The van der Waals surface area contributed by atoms with E-state index in [2.05, 4.69) is 10.2 Å². The number of aromatic nitrogens is 2. The second kappa shape index (κ2) is 6.52. The van der Waals surface area contributed by atoms with Crippen LogP contribution < -0.4 is 4.90 Å². The van der Waals surface area contributed by atoms with Gasteiger partial charge in [-0.15, -0.1) is 0 Å². The summed E-state index contributed by atoms with van der Waals surface area (Å²) in [5.41, 5.74) is 1.23. The van der Waals surface area contributed by atoms with Crippen LogP contribution in [0.25, 0.3) is 10.9 Å². The zero-order valence-corrected chi connectivity index (χ0v) is 13.9. The molecule has 2 aromatic rings. The van der Waals surface area contributed by atoms with Crippen LogP contribution in [0, 0.1) is 12.7 Å². The van der Waals surface area contributed by atoms with E-state index in [0.29, 0.717) is 22.3 Å². The van der Waals surface area contributed by atoms with Crippen molar-refractivity contribution in [3.05, 3.63) is 34.9 Å². The molecule has 9 heteroatoms. The number of nitrogens with one attached hydrogen (secondary N) is 1. The van der Waals surface area contributed by atoms with Crippen LogP contribution in [0.4, 0.5) is 10.1 Å². The van der Waals surface area contributed by atoms with E-state index in [4.69, 9.17) is 14.2 Å². The Labute approximate surface area is 142 Å². The van der Waals surface area contributed by atoms with Crippen molar-refractivity contribution >= 4 is 28.5 Å². The highest BCUT2D eigenvalue weighted by Crippen LogP contribution is 2.31. The summed E-state index contributed by atoms with van der Waals surface area (Å²) in [7, 11) is 2.39. The van der Waals surface area contributed by atoms with Crippen molar-refractivity contribution in [2.24, 2.45) is 0 Å². The van der Waals surface area contributed by atoms with Gasteiger partial charge in [-0.25, -0.2) is 14.0 Å². The van der Waals surface area contributed by atoms with Crippen LogP contribution in [-0.4, -0.2) is 49.7 Å². The van der Waals surface area contributed by atoms with Crippen molar-refractivity contribution in [1.29, 1.82) is 0 Å². The van der Waals surface area contributed by atoms with Gasteiger partial charge in [0.15, 0.2) is 0 Å². The number of hydrogen-bond donors (Lipinski definition) is 1. The number of halogens is 1. The molecule has 0 radical (unpaired) electrons. The molecule has 3 rings (SSSR count). The normalized spacial score (nSPS) is 14.8. The maximum Gasteiger partial charge on any atom is 0.355 e. The molecule has 0 saturated carbocycles. The summed E-state index contributed by atoms with van der Waals surface area (Å²) in [6.45, 7) is 1.54. The topological polar surface area (TPSA) is 93.8 Å². The van der Waals surface area contributed by atoms with Gasteiger partial charge in [0.1, 0.15) is 18.2 Å². The molecule has 25 heavy (non-hydrogen) atoms. The lowest BCUT2D eigenvalue weighted by Crippen LogP contribution is -2.38. The third-order valence-corrected chi connectivity index (χ3v) is 3.92. The van der Waals surface area contributed by atoms with Crippen LogP contribution in [0.15, 0.2) is 23.4 Å². The van der Waals surface area contributed by atoms with E-state index >= 15 is 0 Å². The highest BCUT2D eigenvalue weighted by molar-refractivity contribution is 6.03. The monoisotopic (exact) mass is 349 g/mol. The molecule has 0 aliphatic carbocycles. The van der Waals surface area contributed by atoms with Crippen LogP contribution in [0.2, 0.25) is 0 Å². The number of aryl methyl sites for hydroxylation is 1. The Morgan fingerprint density at radius 2 is 2.00 bits per heavy atom. The molecule has 8 nitrogen and oxygen atoms in total. The molecule has 0 bridgehead atoms. The standard InChI is InChI=1S/C16H16FN3O5/c1-8-13-11(17)4-9(5-12(13)19-18-8)20-7-25-6-10(15(21)23-2)14(20)16(22)24-3/h4-5H,6-7H2,1-3H3,(H,18,19). The lowest BCUT2D eigenvalue weighted by molar-refractivity contribution is -0.140. The van der Waals surface area contributed by atoms with Gasteiger partial charge in [0, 0.05) is 11.4 Å². The van der Waals surface area contributed by atoms with E-state index < -0.39 is 17.8 Å². The average Bonchev–Trinajstić information content (AvgIpc) is 3.01. The van der Waals surface area contributed by atoms with Gasteiger partial charge in [0.25, 0.3) is 0 Å². The fourth-order valence-electron chi connectivity index (χ4n) is 2.74. The van der Waals surface area contributed by atoms with Gasteiger partial charge in [0.2, 0.25) is 0 Å². The molecule has 1 aliphatic heterocycles. The van der Waals surface area contributed by atoms with Gasteiger partial charge in [-0.2, -0.15) is 5.10 Å². The largest absolute Gasteiger partial charge is 0.466 e. The fraction of sp³-hybridized carbons (Fsp3) is 0.312. The number of rotatable bonds is 3. The molecule has 0 amide bonds.